The maximum atomic E-state index is 4.21. The average Bonchev–Trinajstić information content (AvgIpc) is 2.87. The Hall–Kier alpha value is -0.970. The van der Waals surface area contributed by atoms with E-state index in [-0.39, 0.29) is 6.04 Å². The van der Waals surface area contributed by atoms with Crippen molar-refractivity contribution < 1.29 is 0 Å². The van der Waals surface area contributed by atoms with Gasteiger partial charge in [-0.25, -0.2) is 4.68 Å². The molecule has 1 unspecified atom stereocenters. The van der Waals surface area contributed by atoms with Gasteiger partial charge in [0.05, 0.1) is 6.04 Å². The zero-order valence-corrected chi connectivity index (χ0v) is 13.3. The Morgan fingerprint density at radius 3 is 2.55 bits per heavy atom. The number of tetrazole rings is 1. The van der Waals surface area contributed by atoms with Crippen molar-refractivity contribution in [1.29, 1.82) is 0 Å². The molecule has 2 rings (SSSR count). The first-order valence-electron chi connectivity index (χ1n) is 8.05. The second-order valence-corrected chi connectivity index (χ2v) is 6.87. The van der Waals surface area contributed by atoms with Crippen LogP contribution in [0.15, 0.2) is 0 Å². The molecule has 114 valence electrons. The van der Waals surface area contributed by atoms with Crippen LogP contribution in [0.3, 0.4) is 0 Å². The fourth-order valence-corrected chi connectivity index (χ4v) is 2.91. The van der Waals surface area contributed by atoms with Gasteiger partial charge in [-0.15, -0.1) is 5.10 Å². The van der Waals surface area contributed by atoms with Crippen LogP contribution in [0.4, 0.5) is 0 Å². The first kappa shape index (κ1) is 15.4. The Morgan fingerprint density at radius 1 is 1.20 bits per heavy atom. The molecular formula is C15H29N5. The van der Waals surface area contributed by atoms with Gasteiger partial charge in [0.2, 0.25) is 0 Å². The van der Waals surface area contributed by atoms with Crippen LogP contribution in [0.5, 0.6) is 0 Å². The molecule has 0 aliphatic heterocycles. The van der Waals surface area contributed by atoms with Gasteiger partial charge < -0.3 is 5.32 Å². The van der Waals surface area contributed by atoms with Crippen LogP contribution >= 0.6 is 0 Å². The van der Waals surface area contributed by atoms with Crippen LogP contribution in [0, 0.1) is 17.8 Å². The molecule has 1 aliphatic carbocycles. The van der Waals surface area contributed by atoms with Crippen LogP contribution in [0.1, 0.15) is 65.2 Å². The van der Waals surface area contributed by atoms with Gasteiger partial charge in [0.15, 0.2) is 5.82 Å². The predicted octanol–water partition coefficient (Wildman–Crippen LogP) is 2.81. The summed E-state index contributed by atoms with van der Waals surface area (Å²) in [5, 5.41) is 15.8. The van der Waals surface area contributed by atoms with Gasteiger partial charge in [0, 0.05) is 6.54 Å². The Morgan fingerprint density at radius 2 is 1.90 bits per heavy atom. The summed E-state index contributed by atoms with van der Waals surface area (Å²) in [5.41, 5.74) is 0. The minimum Gasteiger partial charge on any atom is -0.307 e. The maximum absolute atomic E-state index is 4.21. The monoisotopic (exact) mass is 279 g/mol. The van der Waals surface area contributed by atoms with Crippen LogP contribution in [0.25, 0.3) is 0 Å². The molecule has 1 aromatic heterocycles. The molecule has 0 saturated heterocycles. The molecule has 20 heavy (non-hydrogen) atoms. The van der Waals surface area contributed by atoms with Gasteiger partial charge in [-0.05, 0) is 54.5 Å². The van der Waals surface area contributed by atoms with E-state index in [4.69, 9.17) is 0 Å². The van der Waals surface area contributed by atoms with Crippen molar-refractivity contribution in [3.63, 3.8) is 0 Å². The van der Waals surface area contributed by atoms with Crippen molar-refractivity contribution in [2.75, 3.05) is 6.54 Å². The zero-order valence-electron chi connectivity index (χ0n) is 13.3. The lowest BCUT2D eigenvalue weighted by molar-refractivity contribution is 0.252. The number of hydrogen-bond donors (Lipinski definition) is 1. The van der Waals surface area contributed by atoms with Crippen molar-refractivity contribution in [2.45, 2.75) is 66.0 Å². The van der Waals surface area contributed by atoms with Crippen LogP contribution < -0.4 is 5.32 Å². The molecule has 0 spiro atoms. The Labute approximate surface area is 122 Å². The molecule has 1 saturated carbocycles. The largest absolute Gasteiger partial charge is 0.307 e. The first-order valence-corrected chi connectivity index (χ1v) is 8.05. The van der Waals surface area contributed by atoms with Crippen molar-refractivity contribution in [3.05, 3.63) is 5.82 Å². The second kappa shape index (κ2) is 7.16. The molecule has 0 aromatic carbocycles. The lowest BCUT2D eigenvalue weighted by atomic mass is 9.83. The highest BCUT2D eigenvalue weighted by molar-refractivity contribution is 4.90. The van der Waals surface area contributed by atoms with Gasteiger partial charge in [0.1, 0.15) is 0 Å². The van der Waals surface area contributed by atoms with Crippen LogP contribution in [-0.2, 0) is 6.54 Å². The molecule has 1 aliphatic rings. The number of nitrogens with zero attached hydrogens (tertiary/aromatic N) is 4. The summed E-state index contributed by atoms with van der Waals surface area (Å²) in [7, 11) is 0. The quantitative estimate of drug-likeness (QED) is 0.870. The first-order chi connectivity index (χ1) is 9.56. The standard InChI is InChI=1S/C15H29N5/c1-11(2)9-16-13(4)15-17-18-19-20(15)10-14-7-5-12(3)6-8-14/h11-14,16H,5-10H2,1-4H3. The molecule has 1 aromatic rings. The van der Waals surface area contributed by atoms with Crippen molar-refractivity contribution >= 4 is 0 Å². The smallest absolute Gasteiger partial charge is 0.167 e. The summed E-state index contributed by atoms with van der Waals surface area (Å²) >= 11 is 0. The fraction of sp³-hybridized carbons (Fsp3) is 0.933. The number of aromatic nitrogens is 4. The molecule has 0 radical (unpaired) electrons. The molecule has 1 N–H and O–H groups in total. The van der Waals surface area contributed by atoms with E-state index in [0.717, 1.165) is 30.7 Å². The lowest BCUT2D eigenvalue weighted by Crippen LogP contribution is -2.27. The number of hydrogen-bond acceptors (Lipinski definition) is 4. The van der Waals surface area contributed by atoms with Crippen molar-refractivity contribution in [1.82, 2.24) is 25.5 Å². The summed E-state index contributed by atoms with van der Waals surface area (Å²) in [5.74, 6) is 3.25. The van der Waals surface area contributed by atoms with E-state index in [2.05, 4.69) is 48.5 Å². The van der Waals surface area contributed by atoms with E-state index < -0.39 is 0 Å². The summed E-state index contributed by atoms with van der Waals surface area (Å²) in [4.78, 5) is 0. The molecule has 0 amide bonds. The van der Waals surface area contributed by atoms with E-state index in [1.54, 1.807) is 0 Å². The average molecular weight is 279 g/mol. The topological polar surface area (TPSA) is 55.6 Å². The normalized spacial score (nSPS) is 25.1. The number of nitrogens with one attached hydrogen (secondary N) is 1. The summed E-state index contributed by atoms with van der Waals surface area (Å²) in [6.45, 7) is 10.9. The van der Waals surface area contributed by atoms with E-state index in [0.29, 0.717) is 5.92 Å². The van der Waals surface area contributed by atoms with E-state index in [1.165, 1.54) is 25.7 Å². The molecule has 5 nitrogen and oxygen atoms in total. The van der Waals surface area contributed by atoms with E-state index in [9.17, 15) is 0 Å². The number of rotatable bonds is 6. The Balaban J connectivity index is 1.91. The third kappa shape index (κ3) is 4.27. The fourth-order valence-electron chi connectivity index (χ4n) is 2.91. The molecule has 1 heterocycles. The molecule has 0 bridgehead atoms. The Kier molecular flexibility index (Phi) is 5.52. The third-order valence-electron chi connectivity index (χ3n) is 4.35. The van der Waals surface area contributed by atoms with Gasteiger partial charge in [-0.2, -0.15) is 0 Å². The predicted molar refractivity (Wildman–Crippen MR) is 80.2 cm³/mol. The molecule has 1 atom stereocenters. The summed E-state index contributed by atoms with van der Waals surface area (Å²) in [6, 6.07) is 0.218. The van der Waals surface area contributed by atoms with E-state index in [1.807, 2.05) is 4.68 Å². The summed E-state index contributed by atoms with van der Waals surface area (Å²) < 4.78 is 2.01. The SMILES string of the molecule is CC(C)CNC(C)c1nnnn1CC1CCC(C)CC1. The molecule has 5 heteroatoms. The van der Waals surface area contributed by atoms with Gasteiger partial charge in [-0.3, -0.25) is 0 Å². The van der Waals surface area contributed by atoms with Crippen LogP contribution in [0.2, 0.25) is 0 Å². The van der Waals surface area contributed by atoms with Gasteiger partial charge in [0.25, 0.3) is 0 Å². The second-order valence-electron chi connectivity index (χ2n) is 6.87. The highest BCUT2D eigenvalue weighted by Crippen LogP contribution is 2.29. The molecule has 1 fully saturated rings. The summed E-state index contributed by atoms with van der Waals surface area (Å²) in [6.07, 6.45) is 5.33. The lowest BCUT2D eigenvalue weighted by Gasteiger charge is -2.26. The van der Waals surface area contributed by atoms with Crippen LogP contribution in [-0.4, -0.2) is 26.8 Å². The zero-order chi connectivity index (χ0) is 14.5. The highest BCUT2D eigenvalue weighted by atomic mass is 15.5. The highest BCUT2D eigenvalue weighted by Gasteiger charge is 2.21. The minimum atomic E-state index is 0.218. The van der Waals surface area contributed by atoms with Gasteiger partial charge >= 0.3 is 0 Å². The van der Waals surface area contributed by atoms with Crippen molar-refractivity contribution in [3.8, 4) is 0 Å². The molecular weight excluding hydrogens is 250 g/mol. The van der Waals surface area contributed by atoms with Crippen molar-refractivity contribution in [2.24, 2.45) is 17.8 Å². The minimum absolute atomic E-state index is 0.218. The Bertz CT molecular complexity index is 393. The third-order valence-corrected chi connectivity index (χ3v) is 4.35. The van der Waals surface area contributed by atoms with Gasteiger partial charge in [-0.1, -0.05) is 33.6 Å². The maximum Gasteiger partial charge on any atom is 0.167 e. The van der Waals surface area contributed by atoms with E-state index >= 15 is 0 Å².